The number of imidazole rings is 1. The third kappa shape index (κ3) is 2.67. The zero-order valence-electron chi connectivity index (χ0n) is 11.9. The van der Waals surface area contributed by atoms with Gasteiger partial charge in [0.2, 0.25) is 0 Å². The molecule has 2 heterocycles. The summed E-state index contributed by atoms with van der Waals surface area (Å²) in [7, 11) is 0. The SMILES string of the molecule is CCOC1CC(Nc2ccc(-n3ccnc3C)nc2)C1. The molecule has 2 aromatic rings. The van der Waals surface area contributed by atoms with Crippen molar-refractivity contribution in [1.82, 2.24) is 14.5 Å². The van der Waals surface area contributed by atoms with Gasteiger partial charge in [0.1, 0.15) is 11.6 Å². The summed E-state index contributed by atoms with van der Waals surface area (Å²) in [6, 6.07) is 4.58. The molecule has 1 fully saturated rings. The van der Waals surface area contributed by atoms with Crippen molar-refractivity contribution < 1.29 is 4.74 Å². The van der Waals surface area contributed by atoms with Gasteiger partial charge in [-0.05, 0) is 38.8 Å². The van der Waals surface area contributed by atoms with Crippen LogP contribution < -0.4 is 5.32 Å². The number of hydrogen-bond acceptors (Lipinski definition) is 4. The highest BCUT2D eigenvalue weighted by molar-refractivity contribution is 5.45. The van der Waals surface area contributed by atoms with E-state index in [9.17, 15) is 0 Å². The van der Waals surface area contributed by atoms with E-state index in [4.69, 9.17) is 4.74 Å². The van der Waals surface area contributed by atoms with E-state index < -0.39 is 0 Å². The van der Waals surface area contributed by atoms with Gasteiger partial charge in [-0.2, -0.15) is 0 Å². The number of hydrogen-bond donors (Lipinski definition) is 1. The Morgan fingerprint density at radius 3 is 2.80 bits per heavy atom. The zero-order chi connectivity index (χ0) is 13.9. The third-order valence-corrected chi connectivity index (χ3v) is 3.69. The number of anilines is 1. The van der Waals surface area contributed by atoms with Gasteiger partial charge in [-0.3, -0.25) is 4.57 Å². The van der Waals surface area contributed by atoms with Crippen LogP contribution in [0.5, 0.6) is 0 Å². The van der Waals surface area contributed by atoms with Crippen molar-refractivity contribution in [2.24, 2.45) is 0 Å². The largest absolute Gasteiger partial charge is 0.381 e. The van der Waals surface area contributed by atoms with E-state index in [2.05, 4.69) is 21.4 Å². The maximum Gasteiger partial charge on any atom is 0.138 e. The van der Waals surface area contributed by atoms with Crippen molar-refractivity contribution in [3.63, 3.8) is 0 Å². The highest BCUT2D eigenvalue weighted by atomic mass is 16.5. The molecule has 5 nitrogen and oxygen atoms in total. The molecule has 0 atom stereocenters. The molecule has 1 aliphatic rings. The molecule has 0 bridgehead atoms. The molecule has 0 saturated heterocycles. The predicted octanol–water partition coefficient (Wildman–Crippen LogP) is 2.56. The third-order valence-electron chi connectivity index (χ3n) is 3.69. The topological polar surface area (TPSA) is 52.0 Å². The van der Waals surface area contributed by atoms with Gasteiger partial charge in [0.15, 0.2) is 0 Å². The summed E-state index contributed by atoms with van der Waals surface area (Å²) in [5.74, 6) is 1.84. The first kappa shape index (κ1) is 13.1. The molecular formula is C15H20N4O. The fourth-order valence-electron chi connectivity index (χ4n) is 2.53. The number of aromatic nitrogens is 3. The molecule has 0 radical (unpaired) electrons. The van der Waals surface area contributed by atoms with Crippen molar-refractivity contribution >= 4 is 5.69 Å². The van der Waals surface area contributed by atoms with Crippen LogP contribution in [-0.2, 0) is 4.74 Å². The van der Waals surface area contributed by atoms with Gasteiger partial charge in [-0.15, -0.1) is 0 Å². The van der Waals surface area contributed by atoms with Crippen molar-refractivity contribution in [3.8, 4) is 5.82 Å². The minimum absolute atomic E-state index is 0.429. The monoisotopic (exact) mass is 272 g/mol. The van der Waals surface area contributed by atoms with E-state index >= 15 is 0 Å². The van der Waals surface area contributed by atoms with Crippen LogP contribution in [0.15, 0.2) is 30.7 Å². The van der Waals surface area contributed by atoms with E-state index in [1.165, 1.54) is 0 Å². The van der Waals surface area contributed by atoms with E-state index in [0.717, 1.165) is 36.8 Å². The fourth-order valence-corrected chi connectivity index (χ4v) is 2.53. The van der Waals surface area contributed by atoms with Gasteiger partial charge in [0.25, 0.3) is 0 Å². The summed E-state index contributed by atoms with van der Waals surface area (Å²) in [6.45, 7) is 4.81. The summed E-state index contributed by atoms with van der Waals surface area (Å²) < 4.78 is 7.53. The number of ether oxygens (including phenoxy) is 1. The second-order valence-electron chi connectivity index (χ2n) is 5.14. The average molecular weight is 272 g/mol. The Bertz CT molecular complexity index is 558. The minimum Gasteiger partial charge on any atom is -0.381 e. The van der Waals surface area contributed by atoms with Gasteiger partial charge >= 0.3 is 0 Å². The lowest BCUT2D eigenvalue weighted by atomic mass is 9.89. The van der Waals surface area contributed by atoms with Crippen LogP contribution in [0.2, 0.25) is 0 Å². The standard InChI is InChI=1S/C15H20N4O/c1-3-20-14-8-13(9-14)18-12-4-5-15(17-10-12)19-7-6-16-11(19)2/h4-7,10,13-14,18H,3,8-9H2,1-2H3. The van der Waals surface area contributed by atoms with E-state index in [1.807, 2.05) is 36.9 Å². The van der Waals surface area contributed by atoms with Crippen LogP contribution in [-0.4, -0.2) is 33.3 Å². The first-order valence-electron chi connectivity index (χ1n) is 7.10. The van der Waals surface area contributed by atoms with E-state index in [1.54, 1.807) is 6.20 Å². The van der Waals surface area contributed by atoms with Crippen LogP contribution in [0.4, 0.5) is 5.69 Å². The minimum atomic E-state index is 0.429. The maximum atomic E-state index is 5.56. The van der Waals surface area contributed by atoms with E-state index in [-0.39, 0.29) is 0 Å². The molecule has 0 aromatic carbocycles. The Morgan fingerprint density at radius 2 is 2.20 bits per heavy atom. The van der Waals surface area contributed by atoms with E-state index in [0.29, 0.717) is 12.1 Å². The van der Waals surface area contributed by atoms with Gasteiger partial charge in [0, 0.05) is 25.0 Å². The summed E-state index contributed by atoms with van der Waals surface area (Å²) in [5.41, 5.74) is 1.06. The summed E-state index contributed by atoms with van der Waals surface area (Å²) in [4.78, 5) is 8.68. The number of nitrogens with one attached hydrogen (secondary N) is 1. The van der Waals surface area contributed by atoms with Gasteiger partial charge in [-0.25, -0.2) is 9.97 Å². The summed E-state index contributed by atoms with van der Waals surface area (Å²) in [5, 5.41) is 3.49. The predicted molar refractivity (Wildman–Crippen MR) is 78.2 cm³/mol. The average Bonchev–Trinajstić information content (AvgIpc) is 2.83. The Labute approximate surface area is 119 Å². The molecule has 20 heavy (non-hydrogen) atoms. The second kappa shape index (κ2) is 5.63. The smallest absolute Gasteiger partial charge is 0.138 e. The van der Waals surface area contributed by atoms with Crippen molar-refractivity contribution in [3.05, 3.63) is 36.5 Å². The van der Waals surface area contributed by atoms with Crippen molar-refractivity contribution in [2.45, 2.75) is 38.8 Å². The summed E-state index contributed by atoms with van der Waals surface area (Å²) >= 11 is 0. The molecule has 1 N–H and O–H groups in total. The summed E-state index contributed by atoms with van der Waals surface area (Å²) in [6.07, 6.45) is 8.17. The Morgan fingerprint density at radius 1 is 1.35 bits per heavy atom. The van der Waals surface area contributed by atoms with Crippen molar-refractivity contribution in [1.29, 1.82) is 0 Å². The first-order valence-corrected chi connectivity index (χ1v) is 7.10. The lowest BCUT2D eigenvalue weighted by Crippen LogP contribution is -2.40. The normalized spacial score (nSPS) is 21.5. The molecular weight excluding hydrogens is 252 g/mol. The van der Waals surface area contributed by atoms with Crippen molar-refractivity contribution in [2.75, 3.05) is 11.9 Å². The lowest BCUT2D eigenvalue weighted by molar-refractivity contribution is 0.00299. The molecule has 0 unspecified atom stereocenters. The highest BCUT2D eigenvalue weighted by Crippen LogP contribution is 2.26. The van der Waals surface area contributed by atoms with Crippen LogP contribution in [0.1, 0.15) is 25.6 Å². The molecule has 0 aliphatic heterocycles. The molecule has 3 rings (SSSR count). The fraction of sp³-hybridized carbons (Fsp3) is 0.467. The highest BCUT2D eigenvalue weighted by Gasteiger charge is 2.29. The van der Waals surface area contributed by atoms with Crippen LogP contribution in [0.3, 0.4) is 0 Å². The molecule has 5 heteroatoms. The molecule has 106 valence electrons. The number of pyridine rings is 1. The first-order chi connectivity index (χ1) is 9.76. The van der Waals surface area contributed by atoms with Gasteiger partial charge in [0.05, 0.1) is 18.0 Å². The van der Waals surface area contributed by atoms with Crippen LogP contribution in [0.25, 0.3) is 5.82 Å². The van der Waals surface area contributed by atoms with Crippen LogP contribution >= 0.6 is 0 Å². The molecule has 1 aliphatic carbocycles. The Hall–Kier alpha value is -1.88. The Kier molecular flexibility index (Phi) is 3.69. The number of nitrogens with zero attached hydrogens (tertiary/aromatic N) is 3. The molecule has 2 aromatic heterocycles. The van der Waals surface area contributed by atoms with Gasteiger partial charge < -0.3 is 10.1 Å². The van der Waals surface area contributed by atoms with Gasteiger partial charge in [-0.1, -0.05) is 0 Å². The second-order valence-corrected chi connectivity index (χ2v) is 5.14. The quantitative estimate of drug-likeness (QED) is 0.909. The molecule has 1 saturated carbocycles. The zero-order valence-corrected chi connectivity index (χ0v) is 11.9. The Balaban J connectivity index is 1.59. The maximum absolute atomic E-state index is 5.56. The molecule has 0 spiro atoms. The number of aryl methyl sites for hydroxylation is 1. The lowest BCUT2D eigenvalue weighted by Gasteiger charge is -2.35. The van der Waals surface area contributed by atoms with Crippen LogP contribution in [0, 0.1) is 6.92 Å². The number of rotatable bonds is 5. The molecule has 0 amide bonds.